The monoisotopic (exact) mass is 387 g/mol. The lowest BCUT2D eigenvalue weighted by atomic mass is 10.0. The van der Waals surface area contributed by atoms with Gasteiger partial charge in [0, 0.05) is 39.9 Å². The Balaban J connectivity index is 0.000000817. The Bertz CT molecular complexity index is 930. The van der Waals surface area contributed by atoms with E-state index in [1.807, 2.05) is 26.0 Å². The highest BCUT2D eigenvalue weighted by Crippen LogP contribution is 2.43. The average molecular weight is 388 g/mol. The number of aromatic nitrogens is 2. The van der Waals surface area contributed by atoms with Crippen molar-refractivity contribution in [2.45, 2.75) is 34.1 Å². The van der Waals surface area contributed by atoms with E-state index in [-0.39, 0.29) is 0 Å². The van der Waals surface area contributed by atoms with Crippen LogP contribution in [0.25, 0.3) is 22.0 Å². The number of ether oxygens (including phenoxy) is 2. The van der Waals surface area contributed by atoms with Gasteiger partial charge in [0.15, 0.2) is 0 Å². The maximum atomic E-state index is 6.53. The molecule has 3 aromatic rings. The number of nitrogens with two attached hydrogens (primary N) is 1. The molecule has 0 bridgehead atoms. The number of nitrogen functional groups attached to an aromatic ring is 1. The first-order valence-electron chi connectivity index (χ1n) is 8.82. The van der Waals surface area contributed by atoms with Gasteiger partial charge in [0.1, 0.15) is 17.3 Å². The number of methoxy groups -OCH3 is 2. The Morgan fingerprint density at radius 2 is 1.67 bits per heavy atom. The van der Waals surface area contributed by atoms with Gasteiger partial charge in [-0.25, -0.2) is 4.98 Å². The lowest BCUT2D eigenvalue weighted by Crippen LogP contribution is -2.00. The summed E-state index contributed by atoms with van der Waals surface area (Å²) in [6.45, 7) is 8.09. The Hall–Kier alpha value is -2.53. The molecule has 0 aliphatic heterocycles. The van der Waals surface area contributed by atoms with Crippen molar-refractivity contribution in [2.24, 2.45) is 0 Å². The van der Waals surface area contributed by atoms with E-state index < -0.39 is 0 Å². The Kier molecular flexibility index (Phi) is 6.86. The molecule has 6 heteroatoms. The summed E-state index contributed by atoms with van der Waals surface area (Å²) in [5.41, 5.74) is 9.32. The number of hydrogen-bond acceptors (Lipinski definition) is 5. The molecule has 0 spiro atoms. The van der Waals surface area contributed by atoms with Gasteiger partial charge in [0.25, 0.3) is 0 Å². The fourth-order valence-corrected chi connectivity index (χ4v) is 3.14. The van der Waals surface area contributed by atoms with Gasteiger partial charge < -0.3 is 15.2 Å². The summed E-state index contributed by atoms with van der Waals surface area (Å²) in [6.07, 6.45) is 3.03. The molecule has 0 saturated heterocycles. The predicted octanol–water partition coefficient (Wildman–Crippen LogP) is 5.58. The standard InChI is InChI=1S/C18H18ClN3O2.C3H8/c1-9-5-12-11(8-21-9)6-13(22-18(12)20)16-10(2)14(23-3)7-15(24-4)17(16)19;1-3-2/h5-8H,1-4H3,(H2,20,22);3H2,1-2H3. The number of halogens is 1. The van der Waals surface area contributed by atoms with E-state index in [9.17, 15) is 0 Å². The van der Waals surface area contributed by atoms with E-state index in [0.29, 0.717) is 28.0 Å². The maximum absolute atomic E-state index is 6.53. The van der Waals surface area contributed by atoms with Crippen molar-refractivity contribution < 1.29 is 9.47 Å². The van der Waals surface area contributed by atoms with Gasteiger partial charge in [-0.2, -0.15) is 0 Å². The van der Waals surface area contributed by atoms with Crippen molar-refractivity contribution in [3.05, 3.63) is 40.7 Å². The van der Waals surface area contributed by atoms with Crippen LogP contribution in [0.4, 0.5) is 5.82 Å². The minimum absolute atomic E-state index is 0.435. The van der Waals surface area contributed by atoms with Crippen molar-refractivity contribution in [1.29, 1.82) is 0 Å². The number of benzene rings is 1. The first kappa shape index (κ1) is 20.8. The van der Waals surface area contributed by atoms with Crippen molar-refractivity contribution in [2.75, 3.05) is 20.0 Å². The topological polar surface area (TPSA) is 70.3 Å². The lowest BCUT2D eigenvalue weighted by Gasteiger charge is -2.16. The predicted molar refractivity (Wildman–Crippen MR) is 113 cm³/mol. The van der Waals surface area contributed by atoms with Gasteiger partial charge in [-0.1, -0.05) is 31.9 Å². The molecule has 0 aliphatic carbocycles. The van der Waals surface area contributed by atoms with E-state index >= 15 is 0 Å². The van der Waals surface area contributed by atoms with Gasteiger partial charge in [-0.3, -0.25) is 4.98 Å². The summed E-state index contributed by atoms with van der Waals surface area (Å²) in [6, 6.07) is 5.60. The van der Waals surface area contributed by atoms with Gasteiger partial charge in [0.05, 0.1) is 24.9 Å². The van der Waals surface area contributed by atoms with Gasteiger partial charge in [0.2, 0.25) is 0 Å². The van der Waals surface area contributed by atoms with Crippen molar-refractivity contribution in [1.82, 2.24) is 9.97 Å². The van der Waals surface area contributed by atoms with Crippen LogP contribution < -0.4 is 15.2 Å². The summed E-state index contributed by atoms with van der Waals surface area (Å²) in [5, 5.41) is 2.25. The molecule has 0 fully saturated rings. The zero-order valence-corrected chi connectivity index (χ0v) is 17.4. The van der Waals surface area contributed by atoms with Crippen LogP contribution in [-0.2, 0) is 0 Å². The van der Waals surface area contributed by atoms with E-state index in [1.54, 1.807) is 26.5 Å². The molecule has 0 saturated carbocycles. The number of anilines is 1. The molecule has 27 heavy (non-hydrogen) atoms. The molecule has 3 rings (SSSR count). The third kappa shape index (κ3) is 4.25. The number of pyridine rings is 2. The molecule has 2 heterocycles. The summed E-state index contributed by atoms with van der Waals surface area (Å²) < 4.78 is 10.8. The van der Waals surface area contributed by atoms with E-state index in [4.69, 9.17) is 26.8 Å². The summed E-state index contributed by atoms with van der Waals surface area (Å²) >= 11 is 6.53. The lowest BCUT2D eigenvalue weighted by molar-refractivity contribution is 0.393. The minimum atomic E-state index is 0.435. The minimum Gasteiger partial charge on any atom is -0.496 e. The molecule has 2 aromatic heterocycles. The molecule has 0 aliphatic rings. The summed E-state index contributed by atoms with van der Waals surface area (Å²) in [5.74, 6) is 1.63. The fraction of sp³-hybridized carbons (Fsp3) is 0.333. The normalized spacial score (nSPS) is 10.3. The molecular formula is C21H26ClN3O2. The number of hydrogen-bond donors (Lipinski definition) is 1. The average Bonchev–Trinajstić information content (AvgIpc) is 2.63. The molecule has 0 amide bonds. The zero-order valence-electron chi connectivity index (χ0n) is 16.7. The number of rotatable bonds is 3. The highest BCUT2D eigenvalue weighted by molar-refractivity contribution is 6.35. The molecule has 0 unspecified atom stereocenters. The smallest absolute Gasteiger partial charge is 0.141 e. The molecule has 144 valence electrons. The van der Waals surface area contributed by atoms with Crippen molar-refractivity contribution in [3.8, 4) is 22.8 Å². The third-order valence-electron chi connectivity index (χ3n) is 4.02. The highest BCUT2D eigenvalue weighted by atomic mass is 35.5. The first-order valence-corrected chi connectivity index (χ1v) is 9.19. The van der Waals surface area contributed by atoms with Crippen LogP contribution >= 0.6 is 11.6 Å². The summed E-state index contributed by atoms with van der Waals surface area (Å²) in [4.78, 5) is 8.87. The molecular weight excluding hydrogens is 362 g/mol. The van der Waals surface area contributed by atoms with Gasteiger partial charge in [-0.05, 0) is 26.0 Å². The second-order valence-corrected chi connectivity index (χ2v) is 6.62. The Labute approximate surface area is 165 Å². The number of aryl methyl sites for hydroxylation is 1. The van der Waals surface area contributed by atoms with E-state index in [0.717, 1.165) is 27.6 Å². The zero-order chi connectivity index (χ0) is 20.1. The molecule has 5 nitrogen and oxygen atoms in total. The van der Waals surface area contributed by atoms with Crippen LogP contribution in [0.5, 0.6) is 11.5 Å². The molecule has 1 aromatic carbocycles. The van der Waals surface area contributed by atoms with Crippen molar-refractivity contribution >= 4 is 28.2 Å². The van der Waals surface area contributed by atoms with E-state index in [2.05, 4.69) is 23.8 Å². The molecule has 0 radical (unpaired) electrons. The van der Waals surface area contributed by atoms with E-state index in [1.165, 1.54) is 6.42 Å². The van der Waals surface area contributed by atoms with Crippen LogP contribution in [0.3, 0.4) is 0 Å². The van der Waals surface area contributed by atoms with Crippen LogP contribution in [0.15, 0.2) is 24.4 Å². The largest absolute Gasteiger partial charge is 0.496 e. The SMILES string of the molecule is CCC.COc1cc(OC)c(Cl)c(-c2cc3cnc(C)cc3c(N)n2)c1C. The second kappa shape index (κ2) is 8.91. The Morgan fingerprint density at radius 1 is 1.04 bits per heavy atom. The summed E-state index contributed by atoms with van der Waals surface area (Å²) in [7, 11) is 3.17. The third-order valence-corrected chi connectivity index (χ3v) is 4.39. The maximum Gasteiger partial charge on any atom is 0.141 e. The quantitative estimate of drug-likeness (QED) is 0.634. The molecule has 2 N–H and O–H groups in total. The molecule has 0 atom stereocenters. The number of fused-ring (bicyclic) bond motifs is 1. The van der Waals surface area contributed by atoms with Gasteiger partial charge in [-0.15, -0.1) is 0 Å². The highest BCUT2D eigenvalue weighted by Gasteiger charge is 2.19. The Morgan fingerprint density at radius 3 is 2.26 bits per heavy atom. The van der Waals surface area contributed by atoms with Crippen LogP contribution in [-0.4, -0.2) is 24.2 Å². The fourth-order valence-electron chi connectivity index (χ4n) is 2.77. The number of nitrogens with zero attached hydrogens (tertiary/aromatic N) is 2. The van der Waals surface area contributed by atoms with Gasteiger partial charge >= 0.3 is 0 Å². The van der Waals surface area contributed by atoms with Crippen LogP contribution in [0, 0.1) is 13.8 Å². The second-order valence-electron chi connectivity index (χ2n) is 6.24. The first-order chi connectivity index (χ1) is 12.9. The van der Waals surface area contributed by atoms with Crippen LogP contribution in [0.2, 0.25) is 5.02 Å². The van der Waals surface area contributed by atoms with Crippen LogP contribution in [0.1, 0.15) is 31.5 Å². The van der Waals surface area contributed by atoms with Crippen molar-refractivity contribution in [3.63, 3.8) is 0 Å².